The average Bonchev–Trinajstić information content (AvgIpc) is 1.11. The van der Waals surface area contributed by atoms with E-state index in [-0.39, 0.29) is 38.6 Å². The first-order valence-electron chi connectivity index (χ1n) is 36.8. The first kappa shape index (κ1) is 95.3. The third kappa shape index (κ3) is 34.1. The van der Waals surface area contributed by atoms with Crippen molar-refractivity contribution in [2.45, 2.75) is 236 Å². The second-order valence-corrected chi connectivity index (χ2v) is 27.6. The van der Waals surface area contributed by atoms with Crippen molar-refractivity contribution in [1.82, 2.24) is 73.7 Å². The van der Waals surface area contributed by atoms with Crippen LogP contribution in [0.25, 0.3) is 10.9 Å². The first-order chi connectivity index (χ1) is 53.2. The number of aromatic nitrogens is 1. The third-order valence-corrected chi connectivity index (χ3v) is 18.3. The molecule has 0 saturated carbocycles. The van der Waals surface area contributed by atoms with Crippen LogP contribution in [0.15, 0.2) is 30.5 Å². The summed E-state index contributed by atoms with van der Waals surface area (Å²) in [6.07, 6.45) is -4.15. The van der Waals surface area contributed by atoms with Crippen LogP contribution in [0.5, 0.6) is 0 Å². The van der Waals surface area contributed by atoms with Crippen LogP contribution in [0.1, 0.15) is 163 Å². The summed E-state index contributed by atoms with van der Waals surface area (Å²) in [6, 6.07) is -14.6. The fourth-order valence-corrected chi connectivity index (χ4v) is 11.5. The van der Waals surface area contributed by atoms with E-state index in [1.165, 1.54) is 13.8 Å². The van der Waals surface area contributed by atoms with E-state index in [0.717, 1.165) is 46.6 Å². The number of fused-ring (bicyclic) bond motifs is 1. The fraction of sp³-hybridized carbons (Fsp3) is 0.606. The lowest BCUT2D eigenvalue weighted by Gasteiger charge is -2.32. The van der Waals surface area contributed by atoms with Gasteiger partial charge in [-0.15, -0.1) is 0 Å². The Kier molecular flexibility index (Phi) is 40.5. The maximum atomic E-state index is 15.0. The fourth-order valence-electron chi connectivity index (χ4n) is 11.5. The van der Waals surface area contributed by atoms with Crippen molar-refractivity contribution in [2.75, 3.05) is 26.7 Å². The Morgan fingerprint density at radius 1 is 0.566 bits per heavy atom. The number of aliphatic carboxylic acids is 5. The number of esters is 1. The van der Waals surface area contributed by atoms with Crippen molar-refractivity contribution < 1.29 is 126 Å². The number of cyclic esters (lactones) is 1. The summed E-state index contributed by atoms with van der Waals surface area (Å²) in [5.74, 6) is -28.0. The molecule has 3 rings (SSSR count). The summed E-state index contributed by atoms with van der Waals surface area (Å²) >= 11 is 0. The Morgan fingerprint density at radius 2 is 1.12 bits per heavy atom. The highest BCUT2D eigenvalue weighted by atomic mass is 16.5. The molecule has 0 aliphatic carbocycles. The summed E-state index contributed by atoms with van der Waals surface area (Å²) in [6.45, 7) is 6.67. The van der Waals surface area contributed by atoms with Gasteiger partial charge in [0.2, 0.25) is 82.7 Å². The van der Waals surface area contributed by atoms with Crippen LogP contribution >= 0.6 is 0 Å². The van der Waals surface area contributed by atoms with Crippen molar-refractivity contribution in [3.05, 3.63) is 36.0 Å². The Bertz CT molecular complexity index is 3760. The molecule has 14 unspecified atom stereocenters. The Morgan fingerprint density at radius 3 is 1.73 bits per heavy atom. The zero-order chi connectivity index (χ0) is 84.9. The zero-order valence-corrected chi connectivity index (χ0v) is 63.9. The first-order valence-corrected chi connectivity index (χ1v) is 36.8. The highest BCUT2D eigenvalue weighted by molar-refractivity contribution is 6.02. The van der Waals surface area contributed by atoms with E-state index in [4.69, 9.17) is 16.2 Å². The lowest BCUT2D eigenvalue weighted by atomic mass is 9.98. The molecule has 42 heteroatoms. The predicted molar refractivity (Wildman–Crippen MR) is 394 cm³/mol. The van der Waals surface area contributed by atoms with Crippen LogP contribution in [-0.2, 0) is 107 Å². The Hall–Kier alpha value is -11.9. The molecule has 626 valence electrons. The maximum Gasteiger partial charge on any atom is 0.329 e. The number of carbonyl (C=O) groups is 20. The molecule has 1 fully saturated rings. The standard InChI is InChI=1S/C71H106N16O26/c1-8-35(3)17-12-10-11-13-21-51(89)78-45(27-39-32-74-41-19-15-14-18-40(39)41)67(108)80-43(22-24-54(92)93)64(105)84-49(31-58(100)101)69(110)86-60-38(6)113-71(112)59(36(4)9-2)85-65(106)44(23-25-55(94)95)81-68(109)46(28-50(73)88)79-52(90)33-75-62(103)47(29-56(96)97)82-61(102)37(5)76-66(107)48(30-57(98)99)83-63(104)42(20-16-26-72)77-53(91)34-87(7)70(60)111/h14-15,18-19,32,35-38,42-49,59-60,74H,8-13,16-17,20-31,33-34,72H2,1-7H3,(H2,73,88)(H,75,103)(H,76,107)(H,77,91)(H,78,89)(H,79,90)(H,80,108)(H,81,109)(H,82,102)(H,83,104)(H,84,105)(H,85,106)(H,86,110)(H,92,93)(H,94,95)(H,96,97)(H,98,99)(H,100,101). The van der Waals surface area contributed by atoms with E-state index >= 15 is 4.79 Å². The van der Waals surface area contributed by atoms with Crippen LogP contribution in [-0.4, -0.2) is 253 Å². The number of ether oxygens (including phenoxy) is 1. The number of carbonyl (C=O) groups excluding carboxylic acids is 15. The van der Waals surface area contributed by atoms with Gasteiger partial charge in [-0.25, -0.2) is 4.79 Å². The minimum Gasteiger partial charge on any atom is -0.481 e. The molecule has 1 aromatic heterocycles. The SMILES string of the molecule is CCC(C)CCCCCCC(=O)NC(Cc1c[nH]c2ccccc12)C(=O)NC(CCC(=O)O)C(=O)NC(CC(=O)O)C(=O)NC1C(=O)N(C)CC(=O)NC(CCCN)C(=O)NC(CC(=O)O)C(=O)NC(C)C(=O)NC(CC(=O)O)C(=O)NCC(=O)NC(CC(N)=O)C(=O)NC(CCC(=O)O)C(=O)NC(C(C)CC)C(=O)OC1C. The number of unbranched alkanes of at least 4 members (excludes halogenated alkanes) is 3. The van der Waals surface area contributed by atoms with Gasteiger partial charge < -0.3 is 115 Å². The van der Waals surface area contributed by atoms with Crippen molar-refractivity contribution in [3.8, 4) is 0 Å². The molecular weight excluding hydrogens is 1490 g/mol. The van der Waals surface area contributed by atoms with Gasteiger partial charge in [-0.3, -0.25) is 91.1 Å². The molecule has 0 spiro atoms. The van der Waals surface area contributed by atoms with Crippen molar-refractivity contribution in [2.24, 2.45) is 23.3 Å². The number of amides is 14. The molecule has 1 aliphatic rings. The number of H-pyrrole nitrogens is 1. The van der Waals surface area contributed by atoms with Gasteiger partial charge in [-0.1, -0.05) is 84.4 Å². The van der Waals surface area contributed by atoms with Crippen LogP contribution in [0.4, 0.5) is 0 Å². The zero-order valence-electron chi connectivity index (χ0n) is 63.9. The number of nitrogens with one attached hydrogen (secondary N) is 13. The summed E-state index contributed by atoms with van der Waals surface area (Å²) in [7, 11) is 0.930. The Balaban J connectivity index is 2.25. The molecule has 22 N–H and O–H groups in total. The summed E-state index contributed by atoms with van der Waals surface area (Å²) < 4.78 is 5.77. The number of hydrogen-bond donors (Lipinski definition) is 20. The number of benzene rings is 1. The second-order valence-electron chi connectivity index (χ2n) is 27.6. The van der Waals surface area contributed by atoms with Gasteiger partial charge in [0.15, 0.2) is 0 Å². The molecule has 2 aromatic rings. The Labute approximate surface area is 649 Å². The topological polar surface area (TPSA) is 667 Å². The van der Waals surface area contributed by atoms with Gasteiger partial charge in [-0.2, -0.15) is 0 Å². The van der Waals surface area contributed by atoms with Crippen LogP contribution in [0, 0.1) is 11.8 Å². The average molecular weight is 1600 g/mol. The summed E-state index contributed by atoms with van der Waals surface area (Å²) in [5.41, 5.74) is 12.3. The molecule has 0 radical (unpaired) electrons. The second kappa shape index (κ2) is 48.0. The quantitative estimate of drug-likeness (QED) is 0.0227. The summed E-state index contributed by atoms with van der Waals surface area (Å²) in [4.78, 5) is 274. The lowest BCUT2D eigenvalue weighted by molar-refractivity contribution is -0.159. The lowest BCUT2D eigenvalue weighted by Crippen LogP contribution is -2.61. The number of likely N-dealkylation sites (N-methyl/N-ethyl adjacent to an activating group) is 1. The molecule has 14 atom stereocenters. The number of carboxylic acid groups (broad SMARTS) is 5. The molecule has 2 heterocycles. The largest absolute Gasteiger partial charge is 0.481 e. The minimum absolute atomic E-state index is 0.00704. The maximum absolute atomic E-state index is 15.0. The molecule has 1 aromatic carbocycles. The van der Waals surface area contributed by atoms with Gasteiger partial charge in [0.05, 0.1) is 38.8 Å². The highest BCUT2D eigenvalue weighted by Gasteiger charge is 2.41. The smallest absolute Gasteiger partial charge is 0.329 e. The van der Waals surface area contributed by atoms with E-state index < -0.39 is 261 Å². The van der Waals surface area contributed by atoms with Crippen LogP contribution in [0.2, 0.25) is 0 Å². The molecule has 1 saturated heterocycles. The van der Waals surface area contributed by atoms with E-state index in [0.29, 0.717) is 40.1 Å². The molecule has 1 aliphatic heterocycles. The normalized spacial score (nSPS) is 21.8. The van der Waals surface area contributed by atoms with Crippen LogP contribution < -0.4 is 75.3 Å². The van der Waals surface area contributed by atoms with Gasteiger partial charge in [0.1, 0.15) is 72.6 Å². The molecule has 14 amide bonds. The minimum atomic E-state index is -2.32. The summed E-state index contributed by atoms with van der Waals surface area (Å²) in [5, 5.41) is 76.6. The number of rotatable bonds is 36. The number of nitrogens with two attached hydrogens (primary N) is 2. The van der Waals surface area contributed by atoms with E-state index in [9.17, 15) is 117 Å². The number of aromatic amines is 1. The van der Waals surface area contributed by atoms with Crippen molar-refractivity contribution in [3.63, 3.8) is 0 Å². The van der Waals surface area contributed by atoms with E-state index in [1.54, 1.807) is 30.5 Å². The van der Waals surface area contributed by atoms with Gasteiger partial charge in [0.25, 0.3) is 0 Å². The number of carboxylic acids is 5. The number of hydrogen-bond acceptors (Lipinski definition) is 22. The molecule has 113 heavy (non-hydrogen) atoms. The number of para-hydroxylation sites is 1. The van der Waals surface area contributed by atoms with E-state index in [2.05, 4.69) is 72.0 Å². The molecular formula is C71H106N16O26. The van der Waals surface area contributed by atoms with E-state index in [1.807, 2.05) is 10.6 Å². The highest BCUT2D eigenvalue weighted by Crippen LogP contribution is 2.21. The number of primary amides is 1. The van der Waals surface area contributed by atoms with Crippen molar-refractivity contribution >= 4 is 129 Å². The van der Waals surface area contributed by atoms with Crippen LogP contribution in [0.3, 0.4) is 0 Å². The molecule has 42 nitrogen and oxygen atoms in total. The monoisotopic (exact) mass is 1600 g/mol. The molecule has 0 bridgehead atoms. The number of nitrogens with zero attached hydrogens (tertiary/aromatic N) is 1. The van der Waals surface area contributed by atoms with Gasteiger partial charge in [-0.05, 0) is 76.0 Å². The third-order valence-electron chi connectivity index (χ3n) is 18.3. The van der Waals surface area contributed by atoms with Gasteiger partial charge >= 0.3 is 35.8 Å². The van der Waals surface area contributed by atoms with Crippen molar-refractivity contribution in [1.29, 1.82) is 0 Å². The predicted octanol–water partition coefficient (Wildman–Crippen LogP) is -4.22. The van der Waals surface area contributed by atoms with Gasteiger partial charge in [0, 0.05) is 49.8 Å².